The van der Waals surface area contributed by atoms with Crippen molar-refractivity contribution in [2.45, 2.75) is 6.43 Å². The van der Waals surface area contributed by atoms with E-state index in [1.165, 1.54) is 12.4 Å². The highest BCUT2D eigenvalue weighted by Gasteiger charge is 2.11. The van der Waals surface area contributed by atoms with Crippen LogP contribution in [0.15, 0.2) is 12.4 Å². The van der Waals surface area contributed by atoms with Crippen molar-refractivity contribution in [1.29, 1.82) is 0 Å². The molecule has 0 bridgehead atoms. The van der Waals surface area contributed by atoms with Crippen LogP contribution >= 0.6 is 0 Å². The Morgan fingerprint density at radius 2 is 2.40 bits per heavy atom. The van der Waals surface area contributed by atoms with Crippen LogP contribution in [0.3, 0.4) is 0 Å². The number of halogens is 2. The molecule has 1 heterocycles. The highest BCUT2D eigenvalue weighted by molar-refractivity contribution is 5.04. The molecule has 0 aromatic carbocycles. The van der Waals surface area contributed by atoms with E-state index < -0.39 is 6.43 Å². The maximum absolute atomic E-state index is 11.9. The predicted octanol–water partition coefficient (Wildman–Crippen LogP) is 1.26. The molecule has 0 aliphatic rings. The lowest BCUT2D eigenvalue weighted by molar-refractivity contribution is 0.139. The summed E-state index contributed by atoms with van der Waals surface area (Å²) in [7, 11) is 0. The van der Waals surface area contributed by atoms with Crippen molar-refractivity contribution in [3.8, 4) is 12.5 Å². The minimum atomic E-state index is -2.61. The van der Waals surface area contributed by atoms with Crippen LogP contribution in [0, 0.1) is 12.5 Å². The fraction of sp³-hybridized carbons (Fsp3) is 0.167. The van der Waals surface area contributed by atoms with E-state index >= 15 is 0 Å². The van der Waals surface area contributed by atoms with E-state index in [1.807, 2.05) is 6.04 Å². The molecule has 0 spiro atoms. The van der Waals surface area contributed by atoms with Crippen LogP contribution < -0.4 is 0 Å². The number of hydrogen-bond acceptors (Lipinski definition) is 1. The Labute approximate surface area is 56.5 Å². The molecule has 0 fully saturated rings. The van der Waals surface area contributed by atoms with Gasteiger partial charge in [0.15, 0.2) is 5.82 Å². The zero-order valence-corrected chi connectivity index (χ0v) is 4.96. The molecule has 0 radical (unpaired) electrons. The van der Waals surface area contributed by atoms with Crippen LogP contribution in [0.5, 0.6) is 0 Å². The van der Waals surface area contributed by atoms with Gasteiger partial charge in [0.25, 0.3) is 6.43 Å². The summed E-state index contributed by atoms with van der Waals surface area (Å²) in [6.07, 6.45) is 4.81. The molecule has 1 aromatic rings. The first kappa shape index (κ1) is 6.75. The Kier molecular flexibility index (Phi) is 1.67. The summed E-state index contributed by atoms with van der Waals surface area (Å²) in [5, 5.41) is 0. The van der Waals surface area contributed by atoms with Crippen molar-refractivity contribution in [3.05, 3.63) is 18.2 Å². The average Bonchev–Trinajstić information content (AvgIpc) is 2.33. The summed E-state index contributed by atoms with van der Waals surface area (Å²) in [4.78, 5) is 3.36. The van der Waals surface area contributed by atoms with Crippen LogP contribution in [0.25, 0.3) is 0 Å². The fourth-order valence-electron chi connectivity index (χ4n) is 0.586. The molecule has 52 valence electrons. The molecule has 0 aliphatic heterocycles. The van der Waals surface area contributed by atoms with E-state index in [1.54, 1.807) is 0 Å². The second kappa shape index (κ2) is 2.48. The van der Waals surface area contributed by atoms with Crippen molar-refractivity contribution >= 4 is 0 Å². The first-order chi connectivity index (χ1) is 4.75. The molecule has 2 nitrogen and oxygen atoms in total. The molecule has 0 saturated heterocycles. The van der Waals surface area contributed by atoms with Crippen LogP contribution in [-0.4, -0.2) is 9.55 Å². The number of terminal acetylenes is 1. The summed E-state index contributed by atoms with van der Waals surface area (Å²) in [5.41, 5.74) is 0. The number of alkyl halides is 2. The first-order valence-corrected chi connectivity index (χ1v) is 2.53. The molecular formula is C6H4F2N2. The van der Waals surface area contributed by atoms with E-state index in [-0.39, 0.29) is 5.82 Å². The van der Waals surface area contributed by atoms with Gasteiger partial charge in [0.2, 0.25) is 0 Å². The number of imidazole rings is 1. The molecule has 0 unspecified atom stereocenters. The van der Waals surface area contributed by atoms with Crippen molar-refractivity contribution in [3.63, 3.8) is 0 Å². The molecule has 0 saturated carbocycles. The number of nitrogens with zero attached hydrogens (tertiary/aromatic N) is 2. The maximum Gasteiger partial charge on any atom is 0.296 e. The second-order valence-electron chi connectivity index (χ2n) is 1.59. The fourth-order valence-corrected chi connectivity index (χ4v) is 0.586. The minimum Gasteiger partial charge on any atom is -0.258 e. The standard InChI is InChI=1S/C6H4F2N2/c1-2-10-4-3-9-6(10)5(7)8/h1,3-5H. The van der Waals surface area contributed by atoms with E-state index in [2.05, 4.69) is 4.98 Å². The Balaban J connectivity index is 3.05. The monoisotopic (exact) mass is 142 g/mol. The highest BCUT2D eigenvalue weighted by Crippen LogP contribution is 2.14. The van der Waals surface area contributed by atoms with Crippen LogP contribution in [-0.2, 0) is 0 Å². The Morgan fingerprint density at radius 1 is 1.70 bits per heavy atom. The van der Waals surface area contributed by atoms with Crippen LogP contribution in [0.2, 0.25) is 0 Å². The zero-order valence-electron chi connectivity index (χ0n) is 4.96. The lowest BCUT2D eigenvalue weighted by Gasteiger charge is -1.95. The smallest absolute Gasteiger partial charge is 0.258 e. The third kappa shape index (κ3) is 0.982. The van der Waals surface area contributed by atoms with Crippen LogP contribution in [0.1, 0.15) is 12.2 Å². The third-order valence-corrected chi connectivity index (χ3v) is 1.00. The maximum atomic E-state index is 11.9. The lowest BCUT2D eigenvalue weighted by atomic mass is 10.6. The van der Waals surface area contributed by atoms with E-state index in [0.29, 0.717) is 0 Å². The van der Waals surface area contributed by atoms with Gasteiger partial charge in [-0.3, -0.25) is 4.57 Å². The summed E-state index contributed by atoms with van der Waals surface area (Å²) in [6.45, 7) is 0. The predicted molar refractivity (Wildman–Crippen MR) is 31.4 cm³/mol. The van der Waals surface area contributed by atoms with Gasteiger partial charge in [0.05, 0.1) is 0 Å². The van der Waals surface area contributed by atoms with Gasteiger partial charge in [-0.05, 0) is 0 Å². The number of rotatable bonds is 1. The molecular weight excluding hydrogens is 138 g/mol. The summed E-state index contributed by atoms with van der Waals surface area (Å²) in [5.74, 6) is -0.387. The summed E-state index contributed by atoms with van der Waals surface area (Å²) in [6, 6.07) is 2.03. The molecule has 0 N–H and O–H groups in total. The number of hydrogen-bond donors (Lipinski definition) is 0. The Morgan fingerprint density at radius 3 is 2.80 bits per heavy atom. The van der Waals surface area contributed by atoms with Crippen molar-refractivity contribution in [2.75, 3.05) is 0 Å². The molecule has 1 rings (SSSR count). The zero-order chi connectivity index (χ0) is 7.56. The van der Waals surface area contributed by atoms with Crippen molar-refractivity contribution in [1.82, 2.24) is 9.55 Å². The quantitative estimate of drug-likeness (QED) is 0.540. The molecule has 0 aliphatic carbocycles. The molecule has 0 atom stereocenters. The normalized spacial score (nSPS) is 9.80. The summed E-state index contributed by atoms with van der Waals surface area (Å²) < 4.78 is 24.7. The third-order valence-electron chi connectivity index (χ3n) is 1.00. The largest absolute Gasteiger partial charge is 0.296 e. The van der Waals surface area contributed by atoms with Crippen molar-refractivity contribution < 1.29 is 8.78 Å². The van der Waals surface area contributed by atoms with E-state index in [4.69, 9.17) is 6.42 Å². The Bertz CT molecular complexity index is 259. The Hall–Kier alpha value is -1.37. The first-order valence-electron chi connectivity index (χ1n) is 2.53. The molecule has 4 heteroatoms. The minimum absolute atomic E-state index is 0.387. The van der Waals surface area contributed by atoms with Gasteiger partial charge in [-0.15, -0.1) is 0 Å². The summed E-state index contributed by atoms with van der Waals surface area (Å²) >= 11 is 0. The van der Waals surface area contributed by atoms with Gasteiger partial charge in [-0.2, -0.15) is 0 Å². The van der Waals surface area contributed by atoms with E-state index in [9.17, 15) is 8.78 Å². The topological polar surface area (TPSA) is 17.8 Å². The van der Waals surface area contributed by atoms with Crippen molar-refractivity contribution in [2.24, 2.45) is 0 Å². The van der Waals surface area contributed by atoms with Gasteiger partial charge in [0.1, 0.15) is 0 Å². The van der Waals surface area contributed by atoms with Crippen LogP contribution in [0.4, 0.5) is 8.78 Å². The number of aromatic nitrogens is 2. The highest BCUT2D eigenvalue weighted by atomic mass is 19.3. The molecule has 1 aromatic heterocycles. The van der Waals surface area contributed by atoms with Gasteiger partial charge in [-0.25, -0.2) is 13.8 Å². The van der Waals surface area contributed by atoms with Gasteiger partial charge in [-0.1, -0.05) is 6.42 Å². The molecule has 0 amide bonds. The lowest BCUT2D eigenvalue weighted by Crippen LogP contribution is -1.96. The van der Waals surface area contributed by atoms with Gasteiger partial charge < -0.3 is 0 Å². The van der Waals surface area contributed by atoms with Gasteiger partial charge >= 0.3 is 0 Å². The molecule has 10 heavy (non-hydrogen) atoms. The van der Waals surface area contributed by atoms with Gasteiger partial charge in [0, 0.05) is 18.4 Å². The average molecular weight is 142 g/mol. The SMILES string of the molecule is C#Cn1ccnc1C(F)F. The second-order valence-corrected chi connectivity index (χ2v) is 1.59. The van der Waals surface area contributed by atoms with E-state index in [0.717, 1.165) is 4.57 Å².